The number of esters is 1. The molecule has 0 aromatic heterocycles. The molecule has 0 fully saturated rings. The number of nitrogens with one attached hydrogen (secondary N) is 1. The summed E-state index contributed by atoms with van der Waals surface area (Å²) in [4.78, 5) is 24.5. The Morgan fingerprint density at radius 3 is 2.23 bits per heavy atom. The number of hydrogen-bond donors (Lipinski definition) is 1. The predicted octanol–water partition coefficient (Wildman–Crippen LogP) is 2.87. The molecule has 1 amide bonds. The SMILES string of the molecule is COC(=O)C(Cc1cc(OC)c(OC)cc1Cl)NC(=O)c1ccccc1. The van der Waals surface area contributed by atoms with E-state index in [2.05, 4.69) is 5.32 Å². The third-order valence-electron chi connectivity index (χ3n) is 3.80. The van der Waals surface area contributed by atoms with Crippen molar-refractivity contribution in [2.75, 3.05) is 21.3 Å². The highest BCUT2D eigenvalue weighted by Crippen LogP contribution is 2.33. The maximum atomic E-state index is 12.4. The molecular formula is C19H20ClNO5. The van der Waals surface area contributed by atoms with Gasteiger partial charge in [0.25, 0.3) is 5.91 Å². The highest BCUT2D eigenvalue weighted by atomic mass is 35.5. The van der Waals surface area contributed by atoms with Gasteiger partial charge in [-0.25, -0.2) is 4.79 Å². The minimum atomic E-state index is -0.900. The lowest BCUT2D eigenvalue weighted by molar-refractivity contribution is -0.142. The van der Waals surface area contributed by atoms with E-state index >= 15 is 0 Å². The molecule has 0 saturated heterocycles. The van der Waals surface area contributed by atoms with Crippen molar-refractivity contribution in [3.8, 4) is 11.5 Å². The van der Waals surface area contributed by atoms with Crippen LogP contribution in [-0.4, -0.2) is 39.2 Å². The third-order valence-corrected chi connectivity index (χ3v) is 4.16. The van der Waals surface area contributed by atoms with Crippen molar-refractivity contribution >= 4 is 23.5 Å². The fourth-order valence-electron chi connectivity index (χ4n) is 2.44. The monoisotopic (exact) mass is 377 g/mol. The fraction of sp³-hybridized carbons (Fsp3) is 0.263. The predicted molar refractivity (Wildman–Crippen MR) is 98.0 cm³/mol. The molecule has 1 N–H and O–H groups in total. The molecule has 138 valence electrons. The molecule has 26 heavy (non-hydrogen) atoms. The second kappa shape index (κ2) is 9.10. The van der Waals surface area contributed by atoms with Gasteiger partial charge in [0.2, 0.25) is 0 Å². The van der Waals surface area contributed by atoms with E-state index in [1.54, 1.807) is 42.5 Å². The van der Waals surface area contributed by atoms with E-state index in [0.717, 1.165) is 0 Å². The van der Waals surface area contributed by atoms with Gasteiger partial charge >= 0.3 is 5.97 Å². The summed E-state index contributed by atoms with van der Waals surface area (Å²) in [5.74, 6) is 0.00632. The Morgan fingerprint density at radius 2 is 1.65 bits per heavy atom. The summed E-state index contributed by atoms with van der Waals surface area (Å²) in [6.45, 7) is 0. The molecule has 0 aliphatic carbocycles. The first-order chi connectivity index (χ1) is 12.5. The van der Waals surface area contributed by atoms with Gasteiger partial charge in [-0.15, -0.1) is 0 Å². The Balaban J connectivity index is 2.26. The summed E-state index contributed by atoms with van der Waals surface area (Å²) in [5, 5.41) is 3.08. The van der Waals surface area contributed by atoms with Crippen molar-refractivity contribution in [3.05, 3.63) is 58.6 Å². The van der Waals surface area contributed by atoms with E-state index in [4.69, 9.17) is 25.8 Å². The van der Waals surface area contributed by atoms with Crippen molar-refractivity contribution in [2.45, 2.75) is 12.5 Å². The number of hydrogen-bond acceptors (Lipinski definition) is 5. The van der Waals surface area contributed by atoms with Crippen molar-refractivity contribution in [1.82, 2.24) is 5.32 Å². The van der Waals surface area contributed by atoms with E-state index in [0.29, 0.717) is 27.6 Å². The first kappa shape index (κ1) is 19.6. The standard InChI is InChI=1S/C19H20ClNO5/c1-24-16-10-13(14(20)11-17(16)25-2)9-15(19(23)26-3)21-18(22)12-7-5-4-6-8-12/h4-8,10-11,15H,9H2,1-3H3,(H,21,22). The summed E-state index contributed by atoms with van der Waals surface area (Å²) in [6.07, 6.45) is 0.143. The minimum absolute atomic E-state index is 0.143. The van der Waals surface area contributed by atoms with Crippen LogP contribution >= 0.6 is 11.6 Å². The zero-order valence-electron chi connectivity index (χ0n) is 14.7. The van der Waals surface area contributed by atoms with Gasteiger partial charge in [0.1, 0.15) is 6.04 Å². The van der Waals surface area contributed by atoms with Crippen LogP contribution in [-0.2, 0) is 16.0 Å². The molecule has 2 aromatic rings. The van der Waals surface area contributed by atoms with Crippen molar-refractivity contribution in [3.63, 3.8) is 0 Å². The van der Waals surface area contributed by atoms with Gasteiger partial charge in [-0.05, 0) is 23.8 Å². The van der Waals surface area contributed by atoms with Gasteiger partial charge < -0.3 is 19.5 Å². The van der Waals surface area contributed by atoms with Crippen LogP contribution in [0.25, 0.3) is 0 Å². The average Bonchev–Trinajstić information content (AvgIpc) is 2.68. The molecule has 1 unspecified atom stereocenters. The molecule has 0 bridgehead atoms. The zero-order valence-corrected chi connectivity index (χ0v) is 15.5. The van der Waals surface area contributed by atoms with Crippen LogP contribution in [0.4, 0.5) is 0 Å². The maximum absolute atomic E-state index is 12.4. The van der Waals surface area contributed by atoms with Crippen LogP contribution < -0.4 is 14.8 Å². The summed E-state index contributed by atoms with van der Waals surface area (Å²) in [7, 11) is 4.27. The Bertz CT molecular complexity index is 779. The molecule has 0 heterocycles. The average molecular weight is 378 g/mol. The summed E-state index contributed by atoms with van der Waals surface area (Å²) < 4.78 is 15.3. The smallest absolute Gasteiger partial charge is 0.328 e. The summed E-state index contributed by atoms with van der Waals surface area (Å²) >= 11 is 6.28. The zero-order chi connectivity index (χ0) is 19.1. The molecule has 0 aliphatic rings. The highest BCUT2D eigenvalue weighted by molar-refractivity contribution is 6.31. The van der Waals surface area contributed by atoms with Gasteiger partial charge in [-0.1, -0.05) is 29.8 Å². The molecule has 0 saturated carbocycles. The molecular weight excluding hydrogens is 358 g/mol. The van der Waals surface area contributed by atoms with Crippen LogP contribution in [0.15, 0.2) is 42.5 Å². The number of rotatable bonds is 7. The number of methoxy groups -OCH3 is 3. The second-order valence-corrected chi connectivity index (χ2v) is 5.83. The van der Waals surface area contributed by atoms with Crippen LogP contribution in [0, 0.1) is 0 Å². The van der Waals surface area contributed by atoms with Crippen LogP contribution in [0.5, 0.6) is 11.5 Å². The largest absolute Gasteiger partial charge is 0.493 e. The van der Waals surface area contributed by atoms with Crippen LogP contribution in [0.2, 0.25) is 5.02 Å². The van der Waals surface area contributed by atoms with Gasteiger partial charge in [0.05, 0.1) is 21.3 Å². The normalized spacial score (nSPS) is 11.4. The molecule has 1 atom stereocenters. The lowest BCUT2D eigenvalue weighted by Crippen LogP contribution is -2.43. The molecule has 7 heteroatoms. The highest BCUT2D eigenvalue weighted by Gasteiger charge is 2.24. The Morgan fingerprint density at radius 1 is 1.04 bits per heavy atom. The molecule has 6 nitrogen and oxygen atoms in total. The van der Waals surface area contributed by atoms with Crippen LogP contribution in [0.1, 0.15) is 15.9 Å². The van der Waals surface area contributed by atoms with Crippen molar-refractivity contribution in [2.24, 2.45) is 0 Å². The number of carbonyl (C=O) groups excluding carboxylic acids is 2. The van der Waals surface area contributed by atoms with E-state index in [1.165, 1.54) is 21.3 Å². The van der Waals surface area contributed by atoms with E-state index in [-0.39, 0.29) is 12.3 Å². The third kappa shape index (κ3) is 4.67. The second-order valence-electron chi connectivity index (χ2n) is 5.42. The van der Waals surface area contributed by atoms with Gasteiger partial charge in [0, 0.05) is 23.1 Å². The van der Waals surface area contributed by atoms with Gasteiger partial charge in [-0.3, -0.25) is 4.79 Å². The number of benzene rings is 2. The van der Waals surface area contributed by atoms with E-state index in [1.807, 2.05) is 0 Å². The fourth-order valence-corrected chi connectivity index (χ4v) is 2.67. The number of halogens is 1. The Labute approximate surface area is 157 Å². The van der Waals surface area contributed by atoms with E-state index < -0.39 is 12.0 Å². The maximum Gasteiger partial charge on any atom is 0.328 e. The molecule has 2 rings (SSSR count). The number of carbonyl (C=O) groups is 2. The number of amides is 1. The minimum Gasteiger partial charge on any atom is -0.493 e. The molecule has 0 radical (unpaired) electrons. The molecule has 0 spiro atoms. The topological polar surface area (TPSA) is 73.9 Å². The Kier molecular flexibility index (Phi) is 6.86. The first-order valence-corrected chi connectivity index (χ1v) is 8.22. The molecule has 2 aromatic carbocycles. The Hall–Kier alpha value is -2.73. The first-order valence-electron chi connectivity index (χ1n) is 7.84. The summed E-state index contributed by atoms with van der Waals surface area (Å²) in [5.41, 5.74) is 1.06. The number of ether oxygens (including phenoxy) is 3. The van der Waals surface area contributed by atoms with Crippen molar-refractivity contribution < 1.29 is 23.8 Å². The van der Waals surface area contributed by atoms with Crippen LogP contribution in [0.3, 0.4) is 0 Å². The van der Waals surface area contributed by atoms with E-state index in [9.17, 15) is 9.59 Å². The van der Waals surface area contributed by atoms with Crippen molar-refractivity contribution in [1.29, 1.82) is 0 Å². The molecule has 0 aliphatic heterocycles. The quantitative estimate of drug-likeness (QED) is 0.751. The van der Waals surface area contributed by atoms with Gasteiger partial charge in [0.15, 0.2) is 11.5 Å². The lowest BCUT2D eigenvalue weighted by atomic mass is 10.0. The summed E-state index contributed by atoms with van der Waals surface area (Å²) in [6, 6.07) is 11.0. The lowest BCUT2D eigenvalue weighted by Gasteiger charge is -2.18. The van der Waals surface area contributed by atoms with Gasteiger partial charge in [-0.2, -0.15) is 0 Å².